The highest BCUT2D eigenvalue weighted by Crippen LogP contribution is 2.28. The van der Waals surface area contributed by atoms with Gasteiger partial charge in [-0.25, -0.2) is 17.2 Å². The Kier molecular flexibility index (Phi) is 3.89. The van der Waals surface area contributed by atoms with Gasteiger partial charge in [-0.3, -0.25) is 0 Å². The van der Waals surface area contributed by atoms with Crippen molar-refractivity contribution in [1.29, 1.82) is 0 Å². The molecule has 1 aromatic carbocycles. The number of hydrogen-bond donors (Lipinski definition) is 1. The average molecular weight is 290 g/mol. The number of nitrogens with zero attached hydrogens (tertiary/aromatic N) is 1. The van der Waals surface area contributed by atoms with Crippen LogP contribution in [0.2, 0.25) is 0 Å². The first-order valence-corrected chi connectivity index (χ1v) is 7.49. The average Bonchev–Trinajstić information content (AvgIpc) is 2.82. The zero-order chi connectivity index (χ0) is 14.2. The van der Waals surface area contributed by atoms with Gasteiger partial charge in [0.2, 0.25) is 10.0 Å². The van der Waals surface area contributed by atoms with Crippen molar-refractivity contribution in [2.45, 2.75) is 30.7 Å². The molecule has 2 rings (SSSR count). The summed E-state index contributed by atoms with van der Waals surface area (Å²) in [6.07, 6.45) is 1.36. The van der Waals surface area contributed by atoms with E-state index in [-0.39, 0.29) is 18.2 Å². The van der Waals surface area contributed by atoms with Crippen LogP contribution in [0.3, 0.4) is 0 Å². The molecule has 19 heavy (non-hydrogen) atoms. The maximum atomic E-state index is 13.7. The monoisotopic (exact) mass is 290 g/mol. The van der Waals surface area contributed by atoms with E-state index in [9.17, 15) is 17.2 Å². The van der Waals surface area contributed by atoms with Crippen LogP contribution in [0.4, 0.5) is 8.78 Å². The maximum absolute atomic E-state index is 13.7. The largest absolute Gasteiger partial charge is 0.329 e. The Balaban J connectivity index is 2.48. The summed E-state index contributed by atoms with van der Waals surface area (Å²) >= 11 is 0. The second-order valence-corrected chi connectivity index (χ2v) is 6.54. The van der Waals surface area contributed by atoms with Crippen molar-refractivity contribution in [3.8, 4) is 0 Å². The summed E-state index contributed by atoms with van der Waals surface area (Å²) in [4.78, 5) is -0.480. The van der Waals surface area contributed by atoms with Gasteiger partial charge in [0, 0.05) is 25.2 Å². The predicted octanol–water partition coefficient (Wildman–Crippen LogP) is 1.39. The molecule has 1 fully saturated rings. The van der Waals surface area contributed by atoms with E-state index >= 15 is 0 Å². The van der Waals surface area contributed by atoms with Crippen LogP contribution in [0.1, 0.15) is 18.4 Å². The van der Waals surface area contributed by atoms with E-state index in [1.54, 1.807) is 0 Å². The second kappa shape index (κ2) is 5.15. The summed E-state index contributed by atoms with van der Waals surface area (Å²) in [6.45, 7) is 1.92. The first-order chi connectivity index (χ1) is 8.87. The molecule has 1 heterocycles. The van der Waals surface area contributed by atoms with Crippen LogP contribution < -0.4 is 5.73 Å². The number of hydrogen-bond acceptors (Lipinski definition) is 3. The molecular weight excluding hydrogens is 274 g/mol. The lowest BCUT2D eigenvalue weighted by molar-refractivity contribution is 0.390. The predicted molar refractivity (Wildman–Crippen MR) is 67.1 cm³/mol. The van der Waals surface area contributed by atoms with E-state index in [1.165, 1.54) is 11.2 Å². The lowest BCUT2D eigenvalue weighted by atomic mass is 10.2. The molecule has 0 bridgehead atoms. The number of benzene rings is 1. The molecule has 1 unspecified atom stereocenters. The summed E-state index contributed by atoms with van der Waals surface area (Å²) in [5.41, 5.74) is 5.63. The summed E-state index contributed by atoms with van der Waals surface area (Å²) in [6, 6.07) is 1.33. The molecule has 4 nitrogen and oxygen atoms in total. The zero-order valence-corrected chi connectivity index (χ0v) is 11.4. The van der Waals surface area contributed by atoms with Gasteiger partial charge < -0.3 is 5.73 Å². The molecule has 7 heteroatoms. The normalized spacial score (nSPS) is 20.9. The third-order valence-electron chi connectivity index (χ3n) is 3.39. The third-order valence-corrected chi connectivity index (χ3v) is 5.36. The minimum Gasteiger partial charge on any atom is -0.329 e. The Hall–Kier alpha value is -1.05. The Morgan fingerprint density at radius 3 is 2.68 bits per heavy atom. The van der Waals surface area contributed by atoms with Crippen molar-refractivity contribution in [3.63, 3.8) is 0 Å². The Labute approximate surface area is 111 Å². The Morgan fingerprint density at radius 2 is 2.05 bits per heavy atom. The maximum Gasteiger partial charge on any atom is 0.246 e. The first kappa shape index (κ1) is 14.4. The van der Waals surface area contributed by atoms with E-state index in [1.807, 2.05) is 0 Å². The third kappa shape index (κ3) is 2.50. The van der Waals surface area contributed by atoms with Crippen LogP contribution >= 0.6 is 0 Å². The summed E-state index contributed by atoms with van der Waals surface area (Å²) < 4.78 is 52.9. The minimum atomic E-state index is -3.96. The van der Waals surface area contributed by atoms with Gasteiger partial charge in [0.05, 0.1) is 0 Å². The molecular formula is C12H16F2N2O2S. The molecule has 1 aromatic rings. The van der Waals surface area contributed by atoms with Crippen molar-refractivity contribution in [1.82, 2.24) is 4.31 Å². The number of sulfonamides is 1. The van der Waals surface area contributed by atoms with Crippen LogP contribution in [0.5, 0.6) is 0 Å². The number of halogens is 2. The molecule has 0 amide bonds. The van der Waals surface area contributed by atoms with Gasteiger partial charge in [-0.1, -0.05) is 0 Å². The van der Waals surface area contributed by atoms with E-state index in [2.05, 4.69) is 0 Å². The number of rotatable bonds is 3. The van der Waals surface area contributed by atoms with Gasteiger partial charge in [-0.15, -0.1) is 0 Å². The number of aryl methyl sites for hydroxylation is 1. The van der Waals surface area contributed by atoms with Crippen LogP contribution in [-0.4, -0.2) is 31.9 Å². The van der Waals surface area contributed by atoms with Crippen LogP contribution in [0.15, 0.2) is 17.0 Å². The summed E-state index contributed by atoms with van der Waals surface area (Å²) in [5.74, 6) is -1.82. The van der Waals surface area contributed by atoms with Crippen molar-refractivity contribution in [3.05, 3.63) is 29.3 Å². The fourth-order valence-electron chi connectivity index (χ4n) is 2.32. The van der Waals surface area contributed by atoms with Gasteiger partial charge in [-0.2, -0.15) is 4.31 Å². The molecule has 1 saturated heterocycles. The fraction of sp³-hybridized carbons (Fsp3) is 0.500. The van der Waals surface area contributed by atoms with E-state index in [0.717, 1.165) is 6.07 Å². The van der Waals surface area contributed by atoms with Gasteiger partial charge in [-0.05, 0) is 31.4 Å². The van der Waals surface area contributed by atoms with Crippen LogP contribution in [0.25, 0.3) is 0 Å². The van der Waals surface area contributed by atoms with E-state index in [4.69, 9.17) is 5.73 Å². The molecule has 0 spiro atoms. The molecule has 0 radical (unpaired) electrons. The molecule has 1 aliphatic heterocycles. The second-order valence-electron chi connectivity index (χ2n) is 4.68. The fourth-order valence-corrected chi connectivity index (χ4v) is 4.15. The Morgan fingerprint density at radius 1 is 1.37 bits per heavy atom. The van der Waals surface area contributed by atoms with Gasteiger partial charge in [0.15, 0.2) is 0 Å². The van der Waals surface area contributed by atoms with E-state index in [0.29, 0.717) is 25.5 Å². The lowest BCUT2D eigenvalue weighted by Gasteiger charge is -2.23. The van der Waals surface area contributed by atoms with E-state index < -0.39 is 26.6 Å². The van der Waals surface area contributed by atoms with Crippen LogP contribution in [-0.2, 0) is 10.0 Å². The van der Waals surface area contributed by atoms with Gasteiger partial charge in [0.1, 0.15) is 16.5 Å². The Bertz CT molecular complexity index is 590. The van der Waals surface area contributed by atoms with Crippen LogP contribution in [0, 0.1) is 18.6 Å². The zero-order valence-electron chi connectivity index (χ0n) is 10.6. The standard InChI is InChI=1S/C12H16F2N2O2S/c1-8-5-12(11(14)6-10(8)13)19(17,18)16-4-2-3-9(16)7-15/h5-6,9H,2-4,7,15H2,1H3. The number of nitrogens with two attached hydrogens (primary N) is 1. The molecule has 0 aliphatic carbocycles. The SMILES string of the molecule is Cc1cc(S(=O)(=O)N2CCCC2CN)c(F)cc1F. The highest BCUT2D eigenvalue weighted by atomic mass is 32.2. The van der Waals surface area contributed by atoms with Crippen molar-refractivity contribution in [2.24, 2.45) is 5.73 Å². The first-order valence-electron chi connectivity index (χ1n) is 6.05. The molecule has 0 saturated carbocycles. The highest BCUT2D eigenvalue weighted by molar-refractivity contribution is 7.89. The quantitative estimate of drug-likeness (QED) is 0.915. The smallest absolute Gasteiger partial charge is 0.246 e. The molecule has 2 N–H and O–H groups in total. The molecule has 1 atom stereocenters. The highest BCUT2D eigenvalue weighted by Gasteiger charge is 2.36. The topological polar surface area (TPSA) is 63.4 Å². The lowest BCUT2D eigenvalue weighted by Crippen LogP contribution is -2.40. The molecule has 0 aromatic heterocycles. The molecule has 106 valence electrons. The van der Waals surface area contributed by atoms with Gasteiger partial charge in [0.25, 0.3) is 0 Å². The molecule has 1 aliphatic rings. The summed E-state index contributed by atoms with van der Waals surface area (Å²) in [5, 5.41) is 0. The van der Waals surface area contributed by atoms with Crippen molar-refractivity contribution in [2.75, 3.05) is 13.1 Å². The van der Waals surface area contributed by atoms with Crippen molar-refractivity contribution < 1.29 is 17.2 Å². The minimum absolute atomic E-state index is 0.100. The summed E-state index contributed by atoms with van der Waals surface area (Å²) in [7, 11) is -3.96. The van der Waals surface area contributed by atoms with Crippen molar-refractivity contribution >= 4 is 10.0 Å². The van der Waals surface area contributed by atoms with Gasteiger partial charge >= 0.3 is 0 Å².